The Balaban J connectivity index is 3.68. The summed E-state index contributed by atoms with van der Waals surface area (Å²) in [5.41, 5.74) is 1.41. The van der Waals surface area contributed by atoms with E-state index < -0.39 is 0 Å². The Hall–Kier alpha value is 1.31. The first-order valence-electron chi connectivity index (χ1n) is 1.94. The molecule has 0 aromatic heterocycles. The molecule has 0 N–H and O–H groups in total. The summed E-state index contributed by atoms with van der Waals surface area (Å²) in [5, 5.41) is 0. The zero-order valence-corrected chi connectivity index (χ0v) is 6.54. The zero-order valence-electron chi connectivity index (χ0n) is 4.38. The Labute approximate surface area is 71.7 Å². The molecule has 38 valence electrons. The van der Waals surface area contributed by atoms with Gasteiger partial charge in [0.05, 0.1) is 0 Å². The van der Waals surface area contributed by atoms with E-state index in [1.54, 1.807) is 0 Å². The van der Waals surface area contributed by atoms with E-state index >= 15 is 0 Å². The fourth-order valence-corrected chi connectivity index (χ4v) is 0. The van der Waals surface area contributed by atoms with Crippen LogP contribution in [-0.2, 0) is 0 Å². The molecule has 0 amide bonds. The van der Waals surface area contributed by atoms with Crippen molar-refractivity contribution < 1.29 is 46.5 Å². The van der Waals surface area contributed by atoms with Crippen molar-refractivity contribution in [3.05, 3.63) is 5.61 Å². The predicted molar refractivity (Wildman–Crippen MR) is 25.4 cm³/mol. The third-order valence-electron chi connectivity index (χ3n) is 0.689. The minimum atomic E-state index is 1.40. The van der Waals surface area contributed by atoms with Crippen LogP contribution < -0.4 is 0 Å². The summed E-state index contributed by atoms with van der Waals surface area (Å²) in [6.07, 6.45) is 0. The number of rotatable bonds is 0. The second-order valence-electron chi connectivity index (χ2n) is 1.53. The first kappa shape index (κ1) is 7.31. The molecular formula is C5H10Xe. The van der Waals surface area contributed by atoms with Crippen molar-refractivity contribution >= 4 is 0 Å². The predicted octanol–water partition coefficient (Wildman–Crippen LogP) is 1.58. The van der Waals surface area contributed by atoms with Crippen LogP contribution in [0, 0.1) is 46.5 Å². The third-order valence-corrected chi connectivity index (χ3v) is 1.77. The molecule has 0 fully saturated rings. The van der Waals surface area contributed by atoms with Crippen molar-refractivity contribution in [1.82, 2.24) is 0 Å². The van der Waals surface area contributed by atoms with E-state index in [0.717, 1.165) is 0 Å². The van der Waals surface area contributed by atoms with Crippen molar-refractivity contribution in [2.45, 2.75) is 20.8 Å². The molecule has 0 bridgehead atoms. The molecule has 0 aliphatic rings. The molecule has 0 saturated heterocycles. The molecule has 0 spiro atoms. The molecule has 0 atom stereocenters. The molecule has 0 radical (unpaired) electrons. The van der Waals surface area contributed by atoms with E-state index in [-0.39, 0.29) is 0 Å². The molecule has 0 unspecified atom stereocenters. The second-order valence-corrected chi connectivity index (χ2v) is 3.15. The van der Waals surface area contributed by atoms with Gasteiger partial charge >= 0.3 is 72.9 Å². The van der Waals surface area contributed by atoms with Crippen LogP contribution in [0.2, 0.25) is 0 Å². The van der Waals surface area contributed by atoms with Gasteiger partial charge in [0.1, 0.15) is 0 Å². The van der Waals surface area contributed by atoms with Crippen molar-refractivity contribution in [1.29, 1.82) is 0 Å². The molecule has 1 heteroatoms. The molecule has 0 nitrogen and oxygen atoms in total. The van der Waals surface area contributed by atoms with Gasteiger partial charge in [-0.15, -0.1) is 0 Å². The van der Waals surface area contributed by atoms with Gasteiger partial charge in [0.15, 0.2) is 0 Å². The van der Waals surface area contributed by atoms with E-state index in [9.17, 15) is 0 Å². The molecule has 6 heavy (non-hydrogen) atoms. The van der Waals surface area contributed by atoms with Gasteiger partial charge in [0, 0.05) is 0 Å². The Morgan fingerprint density at radius 3 is 1.33 bits per heavy atom. The average Bonchev–Trinajstić information content (AvgIpc) is 1.36. The van der Waals surface area contributed by atoms with Gasteiger partial charge in [0.2, 0.25) is 0 Å². The van der Waals surface area contributed by atoms with E-state index in [4.69, 9.17) is 0 Å². The molecule has 0 aliphatic heterocycles. The van der Waals surface area contributed by atoms with Crippen LogP contribution in [0.25, 0.3) is 0 Å². The van der Waals surface area contributed by atoms with Gasteiger partial charge in [0.25, 0.3) is 0 Å². The van der Waals surface area contributed by atoms with E-state index in [0.29, 0.717) is 0 Å². The molecule has 0 saturated carbocycles. The summed E-state index contributed by atoms with van der Waals surface area (Å²) < 4.78 is 1.40. The molecular weight excluding hydrogens is 191 g/mol. The van der Waals surface area contributed by atoms with Crippen molar-refractivity contribution in [2.75, 3.05) is 0 Å². The van der Waals surface area contributed by atoms with Gasteiger partial charge in [-0.25, -0.2) is 0 Å². The molecule has 0 aromatic rings. The summed E-state index contributed by atoms with van der Waals surface area (Å²) in [6.45, 7) is 6.33. The summed E-state index contributed by atoms with van der Waals surface area (Å²) in [7, 11) is 0. The van der Waals surface area contributed by atoms with Gasteiger partial charge in [-0.1, -0.05) is 0 Å². The van der Waals surface area contributed by atoms with Crippen LogP contribution in [0.3, 0.4) is 0 Å². The Morgan fingerprint density at radius 2 is 1.33 bits per heavy atom. The maximum atomic E-state index is 2.31. The normalized spacial score (nSPS) is 8.17. The van der Waals surface area contributed by atoms with Gasteiger partial charge in [-0.05, 0) is 0 Å². The van der Waals surface area contributed by atoms with Crippen LogP contribution in [0.1, 0.15) is 20.8 Å². The molecule has 0 heterocycles. The third kappa shape index (κ3) is 3.50. The second kappa shape index (κ2) is 3.33. The molecule has 0 rings (SSSR count). The van der Waals surface area contributed by atoms with Gasteiger partial charge in [-0.3, -0.25) is 0 Å². The van der Waals surface area contributed by atoms with Crippen molar-refractivity contribution in [3.63, 3.8) is 0 Å². The fourth-order valence-electron chi connectivity index (χ4n) is 0. The topological polar surface area (TPSA) is 0 Å². The standard InChI is InChI=1S/C5H10Xe/c1-4(2)5(3)6/h6H,1-3H3. The fraction of sp³-hybridized carbons (Fsp3) is 0.600. The summed E-state index contributed by atoms with van der Waals surface area (Å²) in [6, 6.07) is 0. The van der Waals surface area contributed by atoms with Crippen molar-refractivity contribution in [2.24, 2.45) is 0 Å². The number of hydrogen-bond acceptors (Lipinski definition) is 0. The van der Waals surface area contributed by atoms with E-state index in [1.165, 1.54) is 5.61 Å². The Bertz CT molecular complexity index is 54.0. The first-order chi connectivity index (χ1) is 2.64. The van der Waals surface area contributed by atoms with Crippen LogP contribution in [0.5, 0.6) is 0 Å². The van der Waals surface area contributed by atoms with E-state index in [2.05, 4.69) is 67.3 Å². The Kier molecular flexibility index (Phi) is 4.06. The summed E-state index contributed by atoms with van der Waals surface area (Å²) in [5.74, 6) is 0. The monoisotopic (exact) mass is 202 g/mol. The minimum absolute atomic E-state index is 1.40. The van der Waals surface area contributed by atoms with Crippen molar-refractivity contribution in [3.8, 4) is 0 Å². The average molecular weight is 201 g/mol. The van der Waals surface area contributed by atoms with Crippen LogP contribution in [0.4, 0.5) is 0 Å². The number of hydrogen-bond donors (Lipinski definition) is 0. The van der Waals surface area contributed by atoms with Crippen LogP contribution >= 0.6 is 0 Å². The van der Waals surface area contributed by atoms with Crippen LogP contribution in [0.15, 0.2) is 5.61 Å². The zero-order chi connectivity index (χ0) is 5.15. The summed E-state index contributed by atoms with van der Waals surface area (Å²) >= 11 is 2.31. The van der Waals surface area contributed by atoms with Gasteiger partial charge in [-0.2, -0.15) is 0 Å². The number of allylic oxidation sites excluding steroid dienone is 2. The van der Waals surface area contributed by atoms with Crippen LogP contribution in [-0.4, -0.2) is 0 Å². The quantitative estimate of drug-likeness (QED) is 0.558. The molecule has 0 aliphatic carbocycles. The molecule has 0 aromatic carbocycles. The summed E-state index contributed by atoms with van der Waals surface area (Å²) in [4.78, 5) is 0. The van der Waals surface area contributed by atoms with E-state index in [1.807, 2.05) is 0 Å². The SMILES string of the molecule is CC(C)=C(C)[XeH]. The first-order valence-corrected chi connectivity index (χ1v) is 3.02. The Morgan fingerprint density at radius 1 is 1.17 bits per heavy atom. The maximum absolute atomic E-state index is 2.31. The van der Waals surface area contributed by atoms with Gasteiger partial charge < -0.3 is 0 Å².